The van der Waals surface area contributed by atoms with Gasteiger partial charge in [-0.1, -0.05) is 6.07 Å². The molecule has 2 rings (SSSR count). The number of hydrogen-bond donors (Lipinski definition) is 0. The van der Waals surface area contributed by atoms with Crippen LogP contribution in [0.25, 0.3) is 0 Å². The maximum atomic E-state index is 11.7. The molecule has 2 atom stereocenters. The largest absolute Gasteiger partial charge is 0.471 e. The van der Waals surface area contributed by atoms with Crippen LogP contribution in [0.2, 0.25) is 0 Å². The van der Waals surface area contributed by atoms with Gasteiger partial charge in [-0.2, -0.15) is 0 Å². The molecule has 17 heavy (non-hydrogen) atoms. The number of ether oxygens (including phenoxy) is 2. The van der Waals surface area contributed by atoms with Crippen molar-refractivity contribution < 1.29 is 14.3 Å². The highest BCUT2D eigenvalue weighted by Gasteiger charge is 2.36. The summed E-state index contributed by atoms with van der Waals surface area (Å²) in [7, 11) is 0. The smallest absolute Gasteiger partial charge is 0.335 e. The predicted molar refractivity (Wildman–Crippen MR) is 61.7 cm³/mol. The van der Waals surface area contributed by atoms with Gasteiger partial charge in [-0.15, -0.1) is 0 Å². The second-order valence-corrected chi connectivity index (χ2v) is 3.71. The molecule has 1 aliphatic rings. The summed E-state index contributed by atoms with van der Waals surface area (Å²) >= 11 is 0. The summed E-state index contributed by atoms with van der Waals surface area (Å²) in [5.74, 6) is -0.378. The van der Waals surface area contributed by atoms with Crippen molar-refractivity contribution in [3.63, 3.8) is 0 Å². The lowest BCUT2D eigenvalue weighted by molar-refractivity contribution is -0.146. The average molecular weight is 234 g/mol. The van der Waals surface area contributed by atoms with Gasteiger partial charge < -0.3 is 9.47 Å². The number of aromatic nitrogens is 1. The minimum atomic E-state index is -0.649. The normalized spacial score (nSPS) is 22.2. The molecule has 0 N–H and O–H groups in total. The average Bonchev–Trinajstić information content (AvgIpc) is 2.79. The number of aliphatic imine (C=N–C) groups is 1. The topological polar surface area (TPSA) is 60.8 Å². The van der Waals surface area contributed by atoms with Gasteiger partial charge in [0.1, 0.15) is 0 Å². The van der Waals surface area contributed by atoms with Crippen LogP contribution in [0.5, 0.6) is 0 Å². The van der Waals surface area contributed by atoms with Crippen LogP contribution in [0.4, 0.5) is 0 Å². The first kappa shape index (κ1) is 11.6. The van der Waals surface area contributed by atoms with Gasteiger partial charge in [-0.3, -0.25) is 4.98 Å². The molecular weight excluding hydrogens is 220 g/mol. The number of pyridine rings is 1. The summed E-state index contributed by atoms with van der Waals surface area (Å²) in [6.45, 7) is 4.02. The van der Waals surface area contributed by atoms with Crippen LogP contribution < -0.4 is 0 Å². The molecule has 5 heteroatoms. The lowest BCUT2D eigenvalue weighted by Crippen LogP contribution is -2.27. The van der Waals surface area contributed by atoms with E-state index < -0.39 is 12.1 Å². The molecule has 0 radical (unpaired) electrons. The molecule has 1 aliphatic heterocycles. The van der Waals surface area contributed by atoms with Crippen molar-refractivity contribution in [2.75, 3.05) is 6.61 Å². The SMILES string of the molecule is CCOC(=O)[C@@H]1N=CO[C@H]1c1ncccc1C. The molecule has 0 fully saturated rings. The first-order valence-electron chi connectivity index (χ1n) is 5.49. The fourth-order valence-corrected chi connectivity index (χ4v) is 1.74. The molecular formula is C12H14N2O3. The Morgan fingerprint density at radius 1 is 1.59 bits per heavy atom. The van der Waals surface area contributed by atoms with Crippen LogP contribution in [0.1, 0.15) is 24.3 Å². The van der Waals surface area contributed by atoms with Crippen molar-refractivity contribution in [1.29, 1.82) is 0 Å². The molecule has 0 spiro atoms. The fraction of sp³-hybridized carbons (Fsp3) is 0.417. The van der Waals surface area contributed by atoms with Crippen LogP contribution in [0, 0.1) is 6.92 Å². The van der Waals surface area contributed by atoms with E-state index in [4.69, 9.17) is 9.47 Å². The first-order valence-corrected chi connectivity index (χ1v) is 5.49. The summed E-state index contributed by atoms with van der Waals surface area (Å²) in [6, 6.07) is 3.11. The first-order chi connectivity index (χ1) is 8.24. The summed E-state index contributed by atoms with van der Waals surface area (Å²) in [6.07, 6.45) is 2.49. The number of esters is 1. The number of rotatable bonds is 3. The number of aryl methyl sites for hydroxylation is 1. The second kappa shape index (κ2) is 4.95. The van der Waals surface area contributed by atoms with Crippen LogP contribution in [0.3, 0.4) is 0 Å². The van der Waals surface area contributed by atoms with Crippen LogP contribution in [-0.4, -0.2) is 30.0 Å². The third-order valence-corrected chi connectivity index (χ3v) is 2.56. The standard InChI is InChI=1S/C12H14N2O3/c1-3-16-12(15)10-11(17-7-14-10)9-8(2)5-4-6-13-9/h4-7,10-11H,3H2,1-2H3/t10-,11+/m1/s1. The maximum absolute atomic E-state index is 11.7. The zero-order chi connectivity index (χ0) is 12.3. The Labute approximate surface area is 99.5 Å². The minimum absolute atomic E-state index is 0.332. The molecule has 2 heterocycles. The number of hydrogen-bond acceptors (Lipinski definition) is 5. The van der Waals surface area contributed by atoms with Crippen molar-refractivity contribution in [2.45, 2.75) is 26.0 Å². The van der Waals surface area contributed by atoms with E-state index in [0.717, 1.165) is 11.3 Å². The Morgan fingerprint density at radius 3 is 3.12 bits per heavy atom. The van der Waals surface area contributed by atoms with Gasteiger partial charge >= 0.3 is 5.97 Å². The highest BCUT2D eigenvalue weighted by Crippen LogP contribution is 2.28. The van der Waals surface area contributed by atoms with E-state index in [9.17, 15) is 4.79 Å². The molecule has 0 saturated carbocycles. The van der Waals surface area contributed by atoms with E-state index in [2.05, 4.69) is 9.98 Å². The Bertz CT molecular complexity index is 445. The zero-order valence-corrected chi connectivity index (χ0v) is 9.79. The third-order valence-electron chi connectivity index (χ3n) is 2.56. The molecule has 0 saturated heterocycles. The molecule has 0 unspecified atom stereocenters. The summed E-state index contributed by atoms with van der Waals surface area (Å²) in [5.41, 5.74) is 1.69. The molecule has 90 valence electrons. The Balaban J connectivity index is 2.22. The van der Waals surface area contributed by atoms with Gasteiger partial charge in [0, 0.05) is 6.20 Å². The van der Waals surface area contributed by atoms with Crippen molar-refractivity contribution in [1.82, 2.24) is 4.98 Å². The van der Waals surface area contributed by atoms with E-state index in [1.807, 2.05) is 19.1 Å². The zero-order valence-electron chi connectivity index (χ0n) is 9.79. The van der Waals surface area contributed by atoms with E-state index in [1.54, 1.807) is 13.1 Å². The molecule has 0 amide bonds. The fourth-order valence-electron chi connectivity index (χ4n) is 1.74. The molecule has 1 aromatic rings. The van der Waals surface area contributed by atoms with Gasteiger partial charge in [-0.05, 0) is 25.5 Å². The van der Waals surface area contributed by atoms with Gasteiger partial charge in [0.2, 0.25) is 0 Å². The summed E-state index contributed by atoms with van der Waals surface area (Å²) in [4.78, 5) is 19.9. The lowest BCUT2D eigenvalue weighted by atomic mass is 10.0. The van der Waals surface area contributed by atoms with Crippen LogP contribution in [-0.2, 0) is 14.3 Å². The number of carbonyl (C=O) groups excluding carboxylic acids is 1. The molecule has 5 nitrogen and oxygen atoms in total. The summed E-state index contributed by atoms with van der Waals surface area (Å²) in [5, 5.41) is 0. The quantitative estimate of drug-likeness (QED) is 0.742. The van der Waals surface area contributed by atoms with E-state index in [1.165, 1.54) is 6.40 Å². The molecule has 1 aromatic heterocycles. The molecule has 0 bridgehead atoms. The van der Waals surface area contributed by atoms with Gasteiger partial charge in [0.25, 0.3) is 0 Å². The third kappa shape index (κ3) is 2.27. The Kier molecular flexibility index (Phi) is 3.37. The monoisotopic (exact) mass is 234 g/mol. The molecule has 0 aromatic carbocycles. The van der Waals surface area contributed by atoms with Crippen molar-refractivity contribution in [3.8, 4) is 0 Å². The highest BCUT2D eigenvalue weighted by atomic mass is 16.5. The highest BCUT2D eigenvalue weighted by molar-refractivity contribution is 5.80. The Morgan fingerprint density at radius 2 is 2.41 bits per heavy atom. The second-order valence-electron chi connectivity index (χ2n) is 3.71. The minimum Gasteiger partial charge on any atom is -0.471 e. The number of nitrogens with zero attached hydrogens (tertiary/aromatic N) is 2. The predicted octanol–water partition coefficient (Wildman–Crippen LogP) is 1.42. The van der Waals surface area contributed by atoms with Crippen LogP contribution in [0.15, 0.2) is 23.3 Å². The summed E-state index contributed by atoms with van der Waals surface area (Å²) < 4.78 is 10.3. The Hall–Kier alpha value is -1.91. The van der Waals surface area contributed by atoms with E-state index >= 15 is 0 Å². The van der Waals surface area contributed by atoms with Gasteiger partial charge in [0.15, 0.2) is 18.5 Å². The lowest BCUT2D eigenvalue weighted by Gasteiger charge is -2.16. The van der Waals surface area contributed by atoms with Gasteiger partial charge in [-0.25, -0.2) is 9.79 Å². The van der Waals surface area contributed by atoms with Crippen molar-refractivity contribution >= 4 is 12.4 Å². The van der Waals surface area contributed by atoms with Gasteiger partial charge in [0.05, 0.1) is 12.3 Å². The van der Waals surface area contributed by atoms with E-state index in [0.29, 0.717) is 6.61 Å². The van der Waals surface area contributed by atoms with Crippen molar-refractivity contribution in [3.05, 3.63) is 29.6 Å². The molecule has 0 aliphatic carbocycles. The van der Waals surface area contributed by atoms with Crippen LogP contribution >= 0.6 is 0 Å². The maximum Gasteiger partial charge on any atom is 0.335 e. The van der Waals surface area contributed by atoms with Crippen molar-refractivity contribution in [2.24, 2.45) is 4.99 Å². The number of carbonyl (C=O) groups is 1. The van der Waals surface area contributed by atoms with E-state index in [-0.39, 0.29) is 5.97 Å².